The molecular weight excluding hydrogens is 186 g/mol. The summed E-state index contributed by atoms with van der Waals surface area (Å²) in [6.07, 6.45) is 6.56. The first kappa shape index (κ1) is 11.4. The first-order valence-electron chi connectivity index (χ1n) is 6.38. The van der Waals surface area contributed by atoms with Gasteiger partial charge in [-0.3, -0.25) is 0 Å². The highest BCUT2D eigenvalue weighted by Gasteiger charge is 2.33. The van der Waals surface area contributed by atoms with Crippen LogP contribution in [-0.2, 0) is 0 Å². The molecule has 0 atom stereocenters. The zero-order valence-corrected chi connectivity index (χ0v) is 10.0. The van der Waals surface area contributed by atoms with Gasteiger partial charge >= 0.3 is 0 Å². The van der Waals surface area contributed by atoms with Gasteiger partial charge in [-0.25, -0.2) is 0 Å². The van der Waals surface area contributed by atoms with Crippen LogP contribution in [0.4, 0.5) is 0 Å². The van der Waals surface area contributed by atoms with E-state index >= 15 is 0 Å². The highest BCUT2D eigenvalue weighted by molar-refractivity contribution is 4.94. The van der Waals surface area contributed by atoms with Crippen molar-refractivity contribution in [2.24, 2.45) is 5.73 Å². The maximum atomic E-state index is 6.23. The Labute approximate surface area is 93.6 Å². The molecule has 1 saturated carbocycles. The van der Waals surface area contributed by atoms with Gasteiger partial charge in [0, 0.05) is 25.2 Å². The molecule has 15 heavy (non-hydrogen) atoms. The Kier molecular flexibility index (Phi) is 3.65. The Bertz CT molecular complexity index is 195. The second-order valence-electron chi connectivity index (χ2n) is 5.50. The lowest BCUT2D eigenvalue weighted by Gasteiger charge is -2.41. The maximum Gasteiger partial charge on any atom is 0.0283 e. The number of likely N-dealkylation sites (N-methyl/N-ethyl adjacent to an activating group) is 1. The minimum Gasteiger partial charge on any atom is -0.324 e. The van der Waals surface area contributed by atoms with E-state index in [4.69, 9.17) is 5.73 Å². The van der Waals surface area contributed by atoms with E-state index in [1.54, 1.807) is 0 Å². The van der Waals surface area contributed by atoms with Crippen molar-refractivity contribution >= 4 is 0 Å². The van der Waals surface area contributed by atoms with Gasteiger partial charge in [-0.1, -0.05) is 0 Å². The Morgan fingerprint density at radius 3 is 2.40 bits per heavy atom. The first-order chi connectivity index (χ1) is 7.18. The largest absolute Gasteiger partial charge is 0.324 e. The van der Waals surface area contributed by atoms with Crippen molar-refractivity contribution in [1.29, 1.82) is 0 Å². The number of hydrogen-bond acceptors (Lipinski definition) is 3. The van der Waals surface area contributed by atoms with Gasteiger partial charge in [0.2, 0.25) is 0 Å². The fourth-order valence-corrected chi connectivity index (χ4v) is 2.72. The second kappa shape index (κ2) is 4.81. The number of rotatable bonds is 5. The van der Waals surface area contributed by atoms with Crippen molar-refractivity contribution in [3.8, 4) is 0 Å². The van der Waals surface area contributed by atoms with Crippen LogP contribution in [0.3, 0.4) is 0 Å². The smallest absolute Gasteiger partial charge is 0.0283 e. The van der Waals surface area contributed by atoms with Crippen LogP contribution in [0, 0.1) is 0 Å². The van der Waals surface area contributed by atoms with Crippen molar-refractivity contribution in [2.45, 2.75) is 37.6 Å². The average molecular weight is 211 g/mol. The molecule has 0 radical (unpaired) electrons. The molecule has 0 amide bonds. The van der Waals surface area contributed by atoms with Crippen molar-refractivity contribution in [2.75, 3.05) is 39.8 Å². The molecule has 3 nitrogen and oxygen atoms in total. The van der Waals surface area contributed by atoms with E-state index in [0.717, 1.165) is 6.54 Å². The normalized spacial score (nSPS) is 25.8. The summed E-state index contributed by atoms with van der Waals surface area (Å²) in [4.78, 5) is 4.98. The highest BCUT2D eigenvalue weighted by atomic mass is 15.2. The molecule has 0 aromatic heterocycles. The van der Waals surface area contributed by atoms with E-state index in [-0.39, 0.29) is 5.54 Å². The molecule has 0 aromatic carbocycles. The third-order valence-corrected chi connectivity index (χ3v) is 3.93. The van der Waals surface area contributed by atoms with Crippen LogP contribution in [0.1, 0.15) is 32.1 Å². The highest BCUT2D eigenvalue weighted by Crippen LogP contribution is 2.29. The topological polar surface area (TPSA) is 32.5 Å². The molecule has 2 rings (SSSR count). The van der Waals surface area contributed by atoms with E-state index in [2.05, 4.69) is 16.8 Å². The Balaban J connectivity index is 1.61. The van der Waals surface area contributed by atoms with Crippen LogP contribution in [-0.4, -0.2) is 55.1 Å². The van der Waals surface area contributed by atoms with Gasteiger partial charge in [-0.05, 0) is 52.2 Å². The van der Waals surface area contributed by atoms with Crippen molar-refractivity contribution < 1.29 is 0 Å². The van der Waals surface area contributed by atoms with Crippen LogP contribution in [0.2, 0.25) is 0 Å². The molecule has 3 heteroatoms. The Hall–Kier alpha value is -0.120. The number of nitrogens with zero attached hydrogens (tertiary/aromatic N) is 2. The minimum absolute atomic E-state index is 0.153. The van der Waals surface area contributed by atoms with Crippen LogP contribution in [0.5, 0.6) is 0 Å². The molecule has 2 N–H and O–H groups in total. The van der Waals surface area contributed by atoms with Crippen LogP contribution in [0.15, 0.2) is 0 Å². The van der Waals surface area contributed by atoms with E-state index in [1.807, 2.05) is 0 Å². The Morgan fingerprint density at radius 2 is 1.87 bits per heavy atom. The molecule has 2 aliphatic rings. The molecule has 1 saturated heterocycles. The molecule has 2 fully saturated rings. The van der Waals surface area contributed by atoms with Gasteiger partial charge in [-0.2, -0.15) is 0 Å². The van der Waals surface area contributed by atoms with E-state index in [1.165, 1.54) is 58.3 Å². The zero-order chi connectivity index (χ0) is 10.7. The molecule has 0 spiro atoms. The predicted molar refractivity (Wildman–Crippen MR) is 63.9 cm³/mol. The molecule has 0 bridgehead atoms. The van der Waals surface area contributed by atoms with E-state index in [9.17, 15) is 0 Å². The SMILES string of the molecule is CN(CCN1CCCC1)CC1(N)CCC1. The summed E-state index contributed by atoms with van der Waals surface area (Å²) in [5.41, 5.74) is 6.38. The summed E-state index contributed by atoms with van der Waals surface area (Å²) in [5.74, 6) is 0. The van der Waals surface area contributed by atoms with E-state index < -0.39 is 0 Å². The molecular formula is C12H25N3. The van der Waals surface area contributed by atoms with Crippen molar-refractivity contribution in [3.05, 3.63) is 0 Å². The third kappa shape index (κ3) is 3.16. The average Bonchev–Trinajstić information content (AvgIpc) is 2.64. The quantitative estimate of drug-likeness (QED) is 0.733. The first-order valence-corrected chi connectivity index (χ1v) is 6.38. The second-order valence-corrected chi connectivity index (χ2v) is 5.50. The lowest BCUT2D eigenvalue weighted by Crippen LogP contribution is -2.54. The monoisotopic (exact) mass is 211 g/mol. The van der Waals surface area contributed by atoms with Crippen LogP contribution < -0.4 is 5.73 Å². The molecule has 0 aromatic rings. The molecule has 0 unspecified atom stereocenters. The third-order valence-electron chi connectivity index (χ3n) is 3.93. The van der Waals surface area contributed by atoms with Gasteiger partial charge in [0.15, 0.2) is 0 Å². The lowest BCUT2D eigenvalue weighted by atomic mass is 9.77. The Morgan fingerprint density at radius 1 is 1.20 bits per heavy atom. The minimum atomic E-state index is 0.153. The van der Waals surface area contributed by atoms with Crippen molar-refractivity contribution in [3.63, 3.8) is 0 Å². The summed E-state index contributed by atoms with van der Waals surface area (Å²) in [6, 6.07) is 0. The van der Waals surface area contributed by atoms with Crippen LogP contribution in [0.25, 0.3) is 0 Å². The standard InChI is InChI=1S/C12H25N3/c1-14(11-12(13)5-4-6-12)9-10-15-7-2-3-8-15/h2-11,13H2,1H3. The summed E-state index contributed by atoms with van der Waals surface area (Å²) < 4.78 is 0. The van der Waals surface area contributed by atoms with Gasteiger partial charge in [-0.15, -0.1) is 0 Å². The summed E-state index contributed by atoms with van der Waals surface area (Å²) >= 11 is 0. The number of hydrogen-bond donors (Lipinski definition) is 1. The lowest BCUT2D eigenvalue weighted by molar-refractivity contribution is 0.154. The molecule has 1 aliphatic carbocycles. The molecule has 88 valence electrons. The summed E-state index contributed by atoms with van der Waals surface area (Å²) in [7, 11) is 2.21. The van der Waals surface area contributed by atoms with Gasteiger partial charge < -0.3 is 15.5 Å². The van der Waals surface area contributed by atoms with Gasteiger partial charge in [0.05, 0.1) is 0 Å². The predicted octanol–water partition coefficient (Wildman–Crippen LogP) is 0.895. The summed E-state index contributed by atoms with van der Waals surface area (Å²) in [6.45, 7) is 6.11. The fourth-order valence-electron chi connectivity index (χ4n) is 2.72. The zero-order valence-electron chi connectivity index (χ0n) is 10.0. The van der Waals surface area contributed by atoms with Crippen LogP contribution >= 0.6 is 0 Å². The van der Waals surface area contributed by atoms with Crippen molar-refractivity contribution in [1.82, 2.24) is 9.80 Å². The fraction of sp³-hybridized carbons (Fsp3) is 1.00. The number of nitrogens with two attached hydrogens (primary N) is 1. The van der Waals surface area contributed by atoms with E-state index in [0.29, 0.717) is 0 Å². The van der Waals surface area contributed by atoms with Gasteiger partial charge in [0.1, 0.15) is 0 Å². The summed E-state index contributed by atoms with van der Waals surface area (Å²) in [5, 5.41) is 0. The number of likely N-dealkylation sites (tertiary alicyclic amines) is 1. The van der Waals surface area contributed by atoms with Gasteiger partial charge in [0.25, 0.3) is 0 Å². The molecule has 1 aliphatic heterocycles. The molecule has 1 heterocycles. The maximum absolute atomic E-state index is 6.23.